The lowest BCUT2D eigenvalue weighted by atomic mass is 10.2. The number of aryl methyl sites for hydroxylation is 2. The molecule has 10 heteroatoms. The second-order valence-corrected chi connectivity index (χ2v) is 8.10. The molecule has 1 aromatic carbocycles. The van der Waals surface area contributed by atoms with Gasteiger partial charge in [0, 0.05) is 36.7 Å². The number of nitrogens with zero attached hydrogens (tertiary/aromatic N) is 4. The van der Waals surface area contributed by atoms with Crippen LogP contribution >= 0.6 is 11.3 Å². The molecule has 0 saturated carbocycles. The Labute approximate surface area is 177 Å². The van der Waals surface area contributed by atoms with Crippen molar-refractivity contribution in [1.29, 1.82) is 0 Å². The zero-order valence-corrected chi connectivity index (χ0v) is 17.5. The first-order chi connectivity index (χ1) is 14.5. The highest BCUT2D eigenvalue weighted by Gasteiger charge is 2.17. The van der Waals surface area contributed by atoms with Crippen molar-refractivity contribution < 1.29 is 9.66 Å². The number of aromatic nitrogens is 3. The third-order valence-electron chi connectivity index (χ3n) is 4.85. The quantitative estimate of drug-likeness (QED) is 0.420. The normalized spacial score (nSPS) is 15.9. The van der Waals surface area contributed by atoms with Crippen LogP contribution in [-0.4, -0.2) is 39.1 Å². The molecule has 30 heavy (non-hydrogen) atoms. The Bertz CT molecular complexity index is 1060. The molecule has 9 nitrogen and oxygen atoms in total. The summed E-state index contributed by atoms with van der Waals surface area (Å²) < 4.78 is 5.64. The van der Waals surface area contributed by atoms with Crippen LogP contribution in [0.3, 0.4) is 0 Å². The number of benzene rings is 1. The van der Waals surface area contributed by atoms with Crippen molar-refractivity contribution in [3.05, 3.63) is 51.8 Å². The number of hydrogen-bond acceptors (Lipinski definition) is 9. The molecule has 0 amide bonds. The SMILES string of the molecule is Cc1ccc(Nc2nccc(-c3sc(NCC4CCCO4)nc3C)n2)cc1[N+](=O)[O-]. The topological polar surface area (TPSA) is 115 Å². The second-order valence-electron chi connectivity index (χ2n) is 7.10. The maximum Gasteiger partial charge on any atom is 0.274 e. The molecule has 4 rings (SSSR count). The Morgan fingerprint density at radius 2 is 2.17 bits per heavy atom. The molecule has 0 radical (unpaired) electrons. The molecule has 2 N–H and O–H groups in total. The van der Waals surface area contributed by atoms with E-state index in [0.717, 1.165) is 47.4 Å². The Morgan fingerprint density at radius 1 is 1.30 bits per heavy atom. The Kier molecular flexibility index (Phi) is 5.86. The Hall–Kier alpha value is -3.11. The van der Waals surface area contributed by atoms with Gasteiger partial charge in [-0.1, -0.05) is 17.4 Å². The monoisotopic (exact) mass is 426 g/mol. The van der Waals surface area contributed by atoms with E-state index in [9.17, 15) is 10.1 Å². The van der Waals surface area contributed by atoms with Gasteiger partial charge in [0.25, 0.3) is 5.69 Å². The molecule has 0 aliphatic carbocycles. The molecule has 1 aliphatic heterocycles. The van der Waals surface area contributed by atoms with Crippen LogP contribution < -0.4 is 10.6 Å². The number of ether oxygens (including phenoxy) is 1. The van der Waals surface area contributed by atoms with Gasteiger partial charge in [-0.15, -0.1) is 0 Å². The van der Waals surface area contributed by atoms with E-state index in [2.05, 4.69) is 25.6 Å². The van der Waals surface area contributed by atoms with Gasteiger partial charge in [0.2, 0.25) is 5.95 Å². The van der Waals surface area contributed by atoms with Crippen molar-refractivity contribution in [3.8, 4) is 10.6 Å². The van der Waals surface area contributed by atoms with Gasteiger partial charge in [0.15, 0.2) is 5.13 Å². The third-order valence-corrected chi connectivity index (χ3v) is 5.99. The highest BCUT2D eigenvalue weighted by Crippen LogP contribution is 2.32. The van der Waals surface area contributed by atoms with E-state index in [4.69, 9.17) is 4.74 Å². The summed E-state index contributed by atoms with van der Waals surface area (Å²) in [5.41, 5.74) is 2.84. The minimum atomic E-state index is -0.399. The lowest BCUT2D eigenvalue weighted by molar-refractivity contribution is -0.385. The maximum atomic E-state index is 11.2. The van der Waals surface area contributed by atoms with E-state index in [1.54, 1.807) is 25.3 Å². The summed E-state index contributed by atoms with van der Waals surface area (Å²) in [4.78, 5) is 25.1. The summed E-state index contributed by atoms with van der Waals surface area (Å²) in [6, 6.07) is 6.77. The van der Waals surface area contributed by atoms with Crippen molar-refractivity contribution in [1.82, 2.24) is 15.0 Å². The fraction of sp³-hybridized carbons (Fsp3) is 0.350. The second kappa shape index (κ2) is 8.72. The van der Waals surface area contributed by atoms with Crippen molar-refractivity contribution >= 4 is 33.8 Å². The standard InChI is InChI=1S/C20H22N6O3S/c1-12-5-6-14(10-17(12)26(27)28)24-19-21-8-7-16(25-19)18-13(2)23-20(30-18)22-11-15-4-3-9-29-15/h5-8,10,15H,3-4,9,11H2,1-2H3,(H,22,23)(H,21,24,25). The van der Waals surface area contributed by atoms with Crippen molar-refractivity contribution in [2.24, 2.45) is 0 Å². The predicted octanol–water partition coefficient (Wildman–Crippen LogP) is 4.46. The van der Waals surface area contributed by atoms with Gasteiger partial charge in [0.05, 0.1) is 27.3 Å². The molecule has 0 spiro atoms. The fourth-order valence-corrected chi connectivity index (χ4v) is 4.22. The minimum absolute atomic E-state index is 0.0522. The van der Waals surface area contributed by atoms with Gasteiger partial charge in [-0.05, 0) is 38.8 Å². The molecule has 2 aromatic heterocycles. The first-order valence-electron chi connectivity index (χ1n) is 9.68. The maximum absolute atomic E-state index is 11.2. The van der Waals surface area contributed by atoms with E-state index < -0.39 is 4.92 Å². The molecule has 3 aromatic rings. The lowest BCUT2D eigenvalue weighted by Crippen LogP contribution is -2.18. The first kappa shape index (κ1) is 20.2. The first-order valence-corrected chi connectivity index (χ1v) is 10.5. The fourth-order valence-electron chi connectivity index (χ4n) is 3.27. The molecule has 1 unspecified atom stereocenters. The van der Waals surface area contributed by atoms with Crippen LogP contribution in [0, 0.1) is 24.0 Å². The average molecular weight is 427 g/mol. The number of anilines is 3. The highest BCUT2D eigenvalue weighted by molar-refractivity contribution is 7.19. The van der Waals surface area contributed by atoms with Crippen LogP contribution in [0.5, 0.6) is 0 Å². The number of nitro benzene ring substituents is 1. The molecular weight excluding hydrogens is 404 g/mol. The van der Waals surface area contributed by atoms with E-state index >= 15 is 0 Å². The van der Waals surface area contributed by atoms with Crippen molar-refractivity contribution in [3.63, 3.8) is 0 Å². The summed E-state index contributed by atoms with van der Waals surface area (Å²) in [6.45, 7) is 5.22. The third kappa shape index (κ3) is 4.55. The van der Waals surface area contributed by atoms with Gasteiger partial charge >= 0.3 is 0 Å². The van der Waals surface area contributed by atoms with Crippen LogP contribution in [0.4, 0.5) is 22.5 Å². The molecule has 1 aliphatic rings. The molecule has 1 saturated heterocycles. The molecule has 1 atom stereocenters. The summed E-state index contributed by atoms with van der Waals surface area (Å²) in [5.74, 6) is 0.368. The summed E-state index contributed by atoms with van der Waals surface area (Å²) in [7, 11) is 0. The molecule has 1 fully saturated rings. The lowest BCUT2D eigenvalue weighted by Gasteiger charge is -2.09. The van der Waals surface area contributed by atoms with Crippen LogP contribution in [0.15, 0.2) is 30.5 Å². The predicted molar refractivity (Wildman–Crippen MR) is 116 cm³/mol. The number of nitro groups is 1. The minimum Gasteiger partial charge on any atom is -0.376 e. The van der Waals surface area contributed by atoms with Crippen LogP contribution in [0.25, 0.3) is 10.6 Å². The summed E-state index contributed by atoms with van der Waals surface area (Å²) in [6.07, 6.45) is 4.08. The zero-order valence-electron chi connectivity index (χ0n) is 16.7. The van der Waals surface area contributed by atoms with Crippen molar-refractivity contribution in [2.75, 3.05) is 23.8 Å². The van der Waals surface area contributed by atoms with Crippen molar-refractivity contribution in [2.45, 2.75) is 32.8 Å². The highest BCUT2D eigenvalue weighted by atomic mass is 32.1. The van der Waals surface area contributed by atoms with Gasteiger partial charge < -0.3 is 15.4 Å². The van der Waals surface area contributed by atoms with E-state index in [1.807, 2.05) is 13.0 Å². The molecule has 156 valence electrons. The van der Waals surface area contributed by atoms with Gasteiger partial charge in [-0.2, -0.15) is 0 Å². The van der Waals surface area contributed by atoms with E-state index in [-0.39, 0.29) is 11.8 Å². The number of thiazole rings is 1. The number of hydrogen-bond donors (Lipinski definition) is 2. The molecule has 0 bridgehead atoms. The van der Waals surface area contributed by atoms with Crippen LogP contribution in [0.2, 0.25) is 0 Å². The Morgan fingerprint density at radius 3 is 2.93 bits per heavy atom. The van der Waals surface area contributed by atoms with Crippen LogP contribution in [0.1, 0.15) is 24.1 Å². The number of nitrogens with one attached hydrogen (secondary N) is 2. The van der Waals surface area contributed by atoms with Crippen LogP contribution in [-0.2, 0) is 4.74 Å². The van der Waals surface area contributed by atoms with E-state index in [0.29, 0.717) is 17.2 Å². The largest absolute Gasteiger partial charge is 0.376 e. The number of rotatable bonds is 7. The summed E-state index contributed by atoms with van der Waals surface area (Å²) >= 11 is 1.53. The molecular formula is C20H22N6O3S. The zero-order chi connectivity index (χ0) is 21.1. The van der Waals surface area contributed by atoms with Gasteiger partial charge in [-0.3, -0.25) is 10.1 Å². The Balaban J connectivity index is 1.51. The van der Waals surface area contributed by atoms with E-state index in [1.165, 1.54) is 17.4 Å². The van der Waals surface area contributed by atoms with Gasteiger partial charge in [0.1, 0.15) is 0 Å². The smallest absolute Gasteiger partial charge is 0.274 e. The van der Waals surface area contributed by atoms with Gasteiger partial charge in [-0.25, -0.2) is 15.0 Å². The summed E-state index contributed by atoms with van der Waals surface area (Å²) in [5, 5.41) is 18.4. The molecule has 3 heterocycles. The average Bonchev–Trinajstić information content (AvgIpc) is 3.37.